The first-order valence-electron chi connectivity index (χ1n) is 9.44. The zero-order valence-electron chi connectivity index (χ0n) is 16.0. The number of likely N-dealkylation sites (tertiary alicyclic amines) is 1. The third kappa shape index (κ3) is 4.58. The molecule has 10 heteroatoms. The van der Waals surface area contributed by atoms with Crippen molar-refractivity contribution in [2.45, 2.75) is 24.9 Å². The SMILES string of the molecule is O=C(c1ccc2cc(Oc3ccc(C(F)(F)F)cn3)ccc2n1)N1CCC(F)C(O)C1. The molecule has 0 bridgehead atoms. The number of piperidine rings is 1. The Morgan fingerprint density at radius 2 is 1.97 bits per heavy atom. The van der Waals surface area contributed by atoms with Gasteiger partial charge >= 0.3 is 6.18 Å². The number of ether oxygens (including phenoxy) is 1. The van der Waals surface area contributed by atoms with Crippen LogP contribution in [0.5, 0.6) is 11.6 Å². The minimum absolute atomic E-state index is 0.00179. The largest absolute Gasteiger partial charge is 0.439 e. The number of alkyl halides is 4. The normalized spacial score (nSPS) is 19.5. The number of β-amino-alcohol motifs (C(OH)–C–C–N with tert-alkyl or cyclic N) is 1. The Kier molecular flexibility index (Phi) is 5.48. The molecule has 1 aromatic carbocycles. The standard InChI is InChI=1S/C21H17F4N3O3/c22-15-7-8-28(11-18(15)29)20(30)17-4-1-12-9-14(3-5-16(12)27-17)31-19-6-2-13(10-26-19)21(23,24)25/h1-6,9-10,15,18,29H,7-8,11H2. The van der Waals surface area contributed by atoms with Crippen molar-refractivity contribution in [1.82, 2.24) is 14.9 Å². The fraction of sp³-hybridized carbons (Fsp3) is 0.286. The minimum atomic E-state index is -4.48. The van der Waals surface area contributed by atoms with Gasteiger partial charge in [-0.1, -0.05) is 6.07 Å². The maximum atomic E-state index is 13.4. The van der Waals surface area contributed by atoms with Crippen LogP contribution in [0.25, 0.3) is 10.9 Å². The molecule has 1 amide bonds. The van der Waals surface area contributed by atoms with E-state index in [1.54, 1.807) is 24.3 Å². The number of halogens is 4. The molecule has 162 valence electrons. The number of hydrogen-bond acceptors (Lipinski definition) is 5. The summed E-state index contributed by atoms with van der Waals surface area (Å²) in [5.41, 5.74) is -0.211. The molecule has 4 rings (SSSR count). The number of aliphatic hydroxyl groups excluding tert-OH is 1. The molecule has 3 heterocycles. The Morgan fingerprint density at radius 1 is 1.16 bits per heavy atom. The van der Waals surface area contributed by atoms with Crippen molar-refractivity contribution in [2.75, 3.05) is 13.1 Å². The van der Waals surface area contributed by atoms with Crippen LogP contribution in [-0.4, -0.2) is 51.2 Å². The average Bonchev–Trinajstić information content (AvgIpc) is 2.74. The maximum absolute atomic E-state index is 13.4. The van der Waals surface area contributed by atoms with Crippen molar-refractivity contribution in [3.63, 3.8) is 0 Å². The van der Waals surface area contributed by atoms with Crippen LogP contribution in [-0.2, 0) is 6.18 Å². The van der Waals surface area contributed by atoms with Crippen molar-refractivity contribution in [3.05, 3.63) is 59.9 Å². The number of nitrogens with zero attached hydrogens (tertiary/aromatic N) is 3. The Bertz CT molecular complexity index is 1110. The molecule has 0 radical (unpaired) electrons. The molecule has 1 saturated heterocycles. The predicted molar refractivity (Wildman–Crippen MR) is 102 cm³/mol. The van der Waals surface area contributed by atoms with Gasteiger partial charge in [-0.15, -0.1) is 0 Å². The molecular weight excluding hydrogens is 418 g/mol. The zero-order chi connectivity index (χ0) is 22.2. The molecule has 2 aromatic heterocycles. The second kappa shape index (κ2) is 8.10. The Balaban J connectivity index is 1.50. The average molecular weight is 435 g/mol. The van der Waals surface area contributed by atoms with Gasteiger partial charge in [-0.05, 0) is 36.8 Å². The first kappa shape index (κ1) is 21.0. The van der Waals surface area contributed by atoms with Gasteiger partial charge in [0, 0.05) is 30.7 Å². The van der Waals surface area contributed by atoms with Gasteiger partial charge in [0.2, 0.25) is 5.88 Å². The number of carbonyl (C=O) groups is 1. The third-order valence-electron chi connectivity index (χ3n) is 4.95. The van der Waals surface area contributed by atoms with E-state index in [1.165, 1.54) is 11.0 Å². The predicted octanol–water partition coefficient (Wildman–Crippen LogP) is 3.99. The summed E-state index contributed by atoms with van der Waals surface area (Å²) in [6.45, 7) is 0.107. The lowest BCUT2D eigenvalue weighted by Gasteiger charge is -2.32. The highest BCUT2D eigenvalue weighted by Crippen LogP contribution is 2.30. The molecule has 1 N–H and O–H groups in total. The van der Waals surface area contributed by atoms with Gasteiger partial charge in [0.1, 0.15) is 23.7 Å². The first-order valence-corrected chi connectivity index (χ1v) is 9.44. The van der Waals surface area contributed by atoms with E-state index in [0.717, 1.165) is 12.1 Å². The summed E-state index contributed by atoms with van der Waals surface area (Å²) >= 11 is 0. The number of carbonyl (C=O) groups excluding carboxylic acids is 1. The van der Waals surface area contributed by atoms with E-state index in [0.29, 0.717) is 22.8 Å². The number of hydrogen-bond donors (Lipinski definition) is 1. The van der Waals surface area contributed by atoms with Gasteiger partial charge in [0.15, 0.2) is 0 Å². The van der Waals surface area contributed by atoms with E-state index >= 15 is 0 Å². The Hall–Kier alpha value is -3.27. The van der Waals surface area contributed by atoms with E-state index in [1.807, 2.05) is 0 Å². The summed E-state index contributed by atoms with van der Waals surface area (Å²) in [6.07, 6.45) is -6.27. The number of amides is 1. The lowest BCUT2D eigenvalue weighted by Crippen LogP contribution is -2.47. The molecule has 2 unspecified atom stereocenters. The van der Waals surface area contributed by atoms with Gasteiger partial charge in [0.25, 0.3) is 5.91 Å². The second-order valence-electron chi connectivity index (χ2n) is 7.16. The number of benzene rings is 1. The highest BCUT2D eigenvalue weighted by molar-refractivity contribution is 5.95. The highest BCUT2D eigenvalue weighted by atomic mass is 19.4. The lowest BCUT2D eigenvalue weighted by molar-refractivity contribution is -0.137. The van der Waals surface area contributed by atoms with Crippen molar-refractivity contribution < 1.29 is 32.2 Å². The Morgan fingerprint density at radius 3 is 2.65 bits per heavy atom. The summed E-state index contributed by atoms with van der Waals surface area (Å²) in [5, 5.41) is 10.3. The highest BCUT2D eigenvalue weighted by Gasteiger charge is 2.31. The molecule has 31 heavy (non-hydrogen) atoms. The van der Waals surface area contributed by atoms with E-state index in [9.17, 15) is 27.5 Å². The molecule has 1 aliphatic heterocycles. The molecule has 6 nitrogen and oxygen atoms in total. The maximum Gasteiger partial charge on any atom is 0.417 e. The van der Waals surface area contributed by atoms with E-state index in [4.69, 9.17) is 4.74 Å². The second-order valence-corrected chi connectivity index (χ2v) is 7.16. The van der Waals surface area contributed by atoms with Gasteiger partial charge < -0.3 is 14.7 Å². The van der Waals surface area contributed by atoms with Gasteiger partial charge in [0.05, 0.1) is 11.1 Å². The smallest absolute Gasteiger partial charge is 0.417 e. The van der Waals surface area contributed by atoms with Crippen molar-refractivity contribution in [1.29, 1.82) is 0 Å². The number of rotatable bonds is 3. The molecule has 0 saturated carbocycles. The topological polar surface area (TPSA) is 75.5 Å². The third-order valence-corrected chi connectivity index (χ3v) is 4.95. The molecule has 0 aliphatic carbocycles. The van der Waals surface area contributed by atoms with Crippen molar-refractivity contribution >= 4 is 16.8 Å². The number of fused-ring (bicyclic) bond motifs is 1. The van der Waals surface area contributed by atoms with Crippen LogP contribution in [0.2, 0.25) is 0 Å². The van der Waals surface area contributed by atoms with Crippen molar-refractivity contribution in [3.8, 4) is 11.6 Å². The summed E-state index contributed by atoms with van der Waals surface area (Å²) in [6, 6.07) is 9.96. The fourth-order valence-corrected chi connectivity index (χ4v) is 3.26. The molecular formula is C21H17F4N3O3. The summed E-state index contributed by atoms with van der Waals surface area (Å²) in [7, 11) is 0. The molecule has 1 fully saturated rings. The van der Waals surface area contributed by atoms with Crippen LogP contribution < -0.4 is 4.74 Å². The van der Waals surface area contributed by atoms with E-state index in [2.05, 4.69) is 9.97 Å². The molecule has 1 aliphatic rings. The first-order chi connectivity index (χ1) is 14.7. The van der Waals surface area contributed by atoms with E-state index < -0.39 is 29.9 Å². The fourth-order valence-electron chi connectivity index (χ4n) is 3.26. The van der Waals surface area contributed by atoms with Crippen LogP contribution in [0.1, 0.15) is 22.5 Å². The van der Waals surface area contributed by atoms with Crippen LogP contribution in [0.15, 0.2) is 48.7 Å². The summed E-state index contributed by atoms with van der Waals surface area (Å²) < 4.78 is 56.8. The summed E-state index contributed by atoms with van der Waals surface area (Å²) in [5.74, 6) is -0.0576. The van der Waals surface area contributed by atoms with Gasteiger partial charge in [-0.3, -0.25) is 4.79 Å². The van der Waals surface area contributed by atoms with Crippen LogP contribution in [0.4, 0.5) is 17.6 Å². The lowest BCUT2D eigenvalue weighted by atomic mass is 10.1. The monoisotopic (exact) mass is 435 g/mol. The quantitative estimate of drug-likeness (QED) is 0.630. The molecule has 3 aromatic rings. The number of pyridine rings is 2. The summed E-state index contributed by atoms with van der Waals surface area (Å²) in [4.78, 5) is 22.0. The molecule has 2 atom stereocenters. The van der Waals surface area contributed by atoms with Gasteiger partial charge in [-0.25, -0.2) is 14.4 Å². The van der Waals surface area contributed by atoms with Crippen LogP contribution in [0.3, 0.4) is 0 Å². The van der Waals surface area contributed by atoms with Crippen LogP contribution in [0, 0.1) is 0 Å². The molecule has 0 spiro atoms. The number of aromatic nitrogens is 2. The van der Waals surface area contributed by atoms with Crippen LogP contribution >= 0.6 is 0 Å². The van der Waals surface area contributed by atoms with Crippen molar-refractivity contribution in [2.24, 2.45) is 0 Å². The van der Waals surface area contributed by atoms with Gasteiger partial charge in [-0.2, -0.15) is 13.2 Å². The Labute approximate surface area is 174 Å². The van der Waals surface area contributed by atoms with E-state index in [-0.39, 0.29) is 31.1 Å². The zero-order valence-corrected chi connectivity index (χ0v) is 16.0. The number of aliphatic hydroxyl groups is 1. The minimum Gasteiger partial charge on any atom is -0.439 e.